The number of aromatic amines is 1. The molecule has 4 rings (SSSR count). The highest BCUT2D eigenvalue weighted by atomic mass is 16.5. The standard InChI is InChI=1S/C25H27N5O3/c1-17-19(15-27-28-17)8-7-13-26-25(31)21-16-30(20-9-5-4-6-10-20)29-24(21)18-11-12-22(32-2)23(14-18)33-3/h4-6,9-12,14-16H,7-8,13H2,1-3H3,(H,26,31)(H,27,28). The fourth-order valence-corrected chi connectivity index (χ4v) is 3.65. The molecule has 8 heteroatoms. The summed E-state index contributed by atoms with van der Waals surface area (Å²) in [5.41, 5.74) is 4.91. The second kappa shape index (κ2) is 10.0. The lowest BCUT2D eigenvalue weighted by Crippen LogP contribution is -2.25. The fraction of sp³-hybridized carbons (Fsp3) is 0.240. The minimum atomic E-state index is -0.175. The third kappa shape index (κ3) is 4.90. The average molecular weight is 446 g/mol. The first-order chi connectivity index (χ1) is 16.1. The van der Waals surface area contributed by atoms with Crippen molar-refractivity contribution in [3.8, 4) is 28.4 Å². The van der Waals surface area contributed by atoms with Crippen molar-refractivity contribution in [1.82, 2.24) is 25.3 Å². The van der Waals surface area contributed by atoms with Crippen molar-refractivity contribution in [2.24, 2.45) is 0 Å². The number of aromatic nitrogens is 4. The van der Waals surface area contributed by atoms with Crippen molar-refractivity contribution in [2.75, 3.05) is 20.8 Å². The van der Waals surface area contributed by atoms with Crippen LogP contribution in [0.5, 0.6) is 11.5 Å². The largest absolute Gasteiger partial charge is 0.493 e. The molecule has 0 saturated heterocycles. The number of rotatable bonds is 9. The Labute approximate surface area is 192 Å². The number of nitrogens with one attached hydrogen (secondary N) is 2. The van der Waals surface area contributed by atoms with Gasteiger partial charge in [0.25, 0.3) is 5.91 Å². The molecule has 1 amide bonds. The fourth-order valence-electron chi connectivity index (χ4n) is 3.65. The Kier molecular flexibility index (Phi) is 6.73. The second-order valence-corrected chi connectivity index (χ2v) is 7.62. The molecule has 170 valence electrons. The number of ether oxygens (including phenoxy) is 2. The van der Waals surface area contributed by atoms with Gasteiger partial charge in [0.2, 0.25) is 0 Å². The lowest BCUT2D eigenvalue weighted by atomic mass is 10.1. The average Bonchev–Trinajstić information content (AvgIpc) is 3.48. The number of nitrogens with zero attached hydrogens (tertiary/aromatic N) is 3. The highest BCUT2D eigenvalue weighted by molar-refractivity contribution is 6.00. The Morgan fingerprint density at radius 3 is 2.58 bits per heavy atom. The van der Waals surface area contributed by atoms with Crippen molar-refractivity contribution < 1.29 is 14.3 Å². The quantitative estimate of drug-likeness (QED) is 0.381. The van der Waals surface area contributed by atoms with Crippen molar-refractivity contribution in [1.29, 1.82) is 0 Å². The molecule has 2 aromatic carbocycles. The molecule has 0 bridgehead atoms. The predicted molar refractivity (Wildman–Crippen MR) is 126 cm³/mol. The van der Waals surface area contributed by atoms with Crippen LogP contribution in [0.2, 0.25) is 0 Å². The van der Waals surface area contributed by atoms with E-state index in [1.807, 2.05) is 61.7 Å². The maximum absolute atomic E-state index is 13.2. The van der Waals surface area contributed by atoms with Crippen molar-refractivity contribution in [3.05, 3.63) is 77.7 Å². The SMILES string of the molecule is COc1ccc(-c2nn(-c3ccccc3)cc2C(=O)NCCCc2cn[nH]c2C)cc1OC. The molecule has 0 radical (unpaired) electrons. The molecule has 8 nitrogen and oxygen atoms in total. The van der Waals surface area contributed by atoms with Gasteiger partial charge in [-0.1, -0.05) is 18.2 Å². The Morgan fingerprint density at radius 1 is 1.09 bits per heavy atom. The Hall–Kier alpha value is -4.07. The summed E-state index contributed by atoms with van der Waals surface area (Å²) in [5, 5.41) is 14.7. The van der Waals surface area contributed by atoms with Gasteiger partial charge < -0.3 is 14.8 Å². The van der Waals surface area contributed by atoms with Crippen molar-refractivity contribution in [2.45, 2.75) is 19.8 Å². The third-order valence-electron chi connectivity index (χ3n) is 5.48. The molecule has 0 aliphatic rings. The summed E-state index contributed by atoms with van der Waals surface area (Å²) in [6.07, 6.45) is 5.24. The van der Waals surface area contributed by atoms with E-state index in [1.54, 1.807) is 25.1 Å². The number of H-pyrrole nitrogens is 1. The monoisotopic (exact) mass is 445 g/mol. The van der Waals surface area contributed by atoms with E-state index in [9.17, 15) is 4.79 Å². The number of para-hydroxylation sites is 1. The van der Waals surface area contributed by atoms with Crippen LogP contribution < -0.4 is 14.8 Å². The van der Waals surface area contributed by atoms with Gasteiger partial charge in [0.1, 0.15) is 5.69 Å². The number of amides is 1. The van der Waals surface area contributed by atoms with Crippen molar-refractivity contribution >= 4 is 5.91 Å². The van der Waals surface area contributed by atoms with Crippen LogP contribution in [0.15, 0.2) is 60.9 Å². The zero-order valence-electron chi connectivity index (χ0n) is 19.0. The molecule has 0 atom stereocenters. The molecule has 0 fully saturated rings. The molecule has 2 heterocycles. The lowest BCUT2D eigenvalue weighted by molar-refractivity contribution is 0.0954. The Balaban J connectivity index is 1.59. The first-order valence-corrected chi connectivity index (χ1v) is 10.7. The van der Waals surface area contributed by atoms with Gasteiger partial charge in [-0.2, -0.15) is 10.2 Å². The zero-order valence-corrected chi connectivity index (χ0v) is 19.0. The van der Waals surface area contributed by atoms with Gasteiger partial charge in [-0.05, 0) is 55.7 Å². The maximum atomic E-state index is 13.2. The topological polar surface area (TPSA) is 94.1 Å². The molecule has 0 aliphatic heterocycles. The summed E-state index contributed by atoms with van der Waals surface area (Å²) < 4.78 is 12.5. The third-order valence-corrected chi connectivity index (χ3v) is 5.48. The molecule has 4 aromatic rings. The molecule has 0 aliphatic carbocycles. The van der Waals surface area contributed by atoms with Crippen LogP contribution >= 0.6 is 0 Å². The number of carbonyl (C=O) groups excluding carboxylic acids is 1. The number of hydrogen-bond acceptors (Lipinski definition) is 5. The van der Waals surface area contributed by atoms with Gasteiger partial charge in [-0.15, -0.1) is 0 Å². The number of methoxy groups -OCH3 is 2. The molecule has 2 aromatic heterocycles. The summed E-state index contributed by atoms with van der Waals surface area (Å²) in [6, 6.07) is 15.2. The molecule has 2 N–H and O–H groups in total. The smallest absolute Gasteiger partial charge is 0.255 e. The van der Waals surface area contributed by atoms with Crippen LogP contribution in [0.1, 0.15) is 28.0 Å². The summed E-state index contributed by atoms with van der Waals surface area (Å²) in [6.45, 7) is 2.54. The molecule has 0 saturated carbocycles. The van der Waals surface area contributed by atoms with Crippen LogP contribution in [0, 0.1) is 6.92 Å². The zero-order chi connectivity index (χ0) is 23.2. The van der Waals surface area contributed by atoms with E-state index in [-0.39, 0.29) is 5.91 Å². The lowest BCUT2D eigenvalue weighted by Gasteiger charge is -2.10. The van der Waals surface area contributed by atoms with Gasteiger partial charge in [0, 0.05) is 24.0 Å². The first-order valence-electron chi connectivity index (χ1n) is 10.7. The number of hydrogen-bond donors (Lipinski definition) is 2. The Bertz CT molecular complexity index is 1230. The Morgan fingerprint density at radius 2 is 1.88 bits per heavy atom. The minimum absolute atomic E-state index is 0.175. The van der Waals surface area contributed by atoms with Gasteiger partial charge in [-0.25, -0.2) is 4.68 Å². The van der Waals surface area contributed by atoms with Crippen LogP contribution in [0.25, 0.3) is 16.9 Å². The number of carbonyl (C=O) groups is 1. The first kappa shape index (κ1) is 22.1. The number of aryl methyl sites for hydroxylation is 2. The number of benzene rings is 2. The molecule has 0 spiro atoms. The molecular formula is C25H27N5O3. The summed E-state index contributed by atoms with van der Waals surface area (Å²) in [5.74, 6) is 1.02. The molecule has 33 heavy (non-hydrogen) atoms. The van der Waals surface area contributed by atoms with E-state index in [0.717, 1.165) is 35.3 Å². The van der Waals surface area contributed by atoms with E-state index in [1.165, 1.54) is 0 Å². The van der Waals surface area contributed by atoms with E-state index in [4.69, 9.17) is 14.6 Å². The normalized spacial score (nSPS) is 10.8. The maximum Gasteiger partial charge on any atom is 0.255 e. The van der Waals surface area contributed by atoms with E-state index < -0.39 is 0 Å². The summed E-state index contributed by atoms with van der Waals surface area (Å²) in [7, 11) is 3.17. The summed E-state index contributed by atoms with van der Waals surface area (Å²) >= 11 is 0. The minimum Gasteiger partial charge on any atom is -0.493 e. The summed E-state index contributed by atoms with van der Waals surface area (Å²) in [4.78, 5) is 13.2. The van der Waals surface area contributed by atoms with E-state index in [2.05, 4.69) is 15.5 Å². The highest BCUT2D eigenvalue weighted by Gasteiger charge is 2.20. The van der Waals surface area contributed by atoms with Gasteiger partial charge in [-0.3, -0.25) is 9.89 Å². The molecular weight excluding hydrogens is 418 g/mol. The van der Waals surface area contributed by atoms with Crippen LogP contribution in [0.3, 0.4) is 0 Å². The van der Waals surface area contributed by atoms with Crippen molar-refractivity contribution in [3.63, 3.8) is 0 Å². The highest BCUT2D eigenvalue weighted by Crippen LogP contribution is 2.33. The van der Waals surface area contributed by atoms with Gasteiger partial charge in [0.15, 0.2) is 11.5 Å². The predicted octanol–water partition coefficient (Wildman–Crippen LogP) is 3.95. The molecule has 0 unspecified atom stereocenters. The van der Waals surface area contributed by atoms with Crippen LogP contribution in [-0.2, 0) is 6.42 Å². The van der Waals surface area contributed by atoms with Gasteiger partial charge >= 0.3 is 0 Å². The van der Waals surface area contributed by atoms with E-state index in [0.29, 0.717) is 29.3 Å². The van der Waals surface area contributed by atoms with Crippen LogP contribution in [0.4, 0.5) is 0 Å². The van der Waals surface area contributed by atoms with Gasteiger partial charge in [0.05, 0.1) is 31.7 Å². The van der Waals surface area contributed by atoms with Crippen LogP contribution in [-0.4, -0.2) is 46.6 Å². The van der Waals surface area contributed by atoms with E-state index >= 15 is 0 Å². The second-order valence-electron chi connectivity index (χ2n) is 7.62.